The lowest BCUT2D eigenvalue weighted by atomic mass is 10.2. The van der Waals surface area contributed by atoms with Gasteiger partial charge in [0.2, 0.25) is 0 Å². The van der Waals surface area contributed by atoms with Gasteiger partial charge in [0.25, 0.3) is 0 Å². The molecule has 0 spiro atoms. The molecule has 3 rings (SSSR count). The Balaban J connectivity index is 0.00000133. The Hall–Kier alpha value is -1.43. The summed E-state index contributed by atoms with van der Waals surface area (Å²) in [6.07, 6.45) is 4.18. The molecule has 0 saturated heterocycles. The third-order valence-corrected chi connectivity index (χ3v) is 3.13. The third-order valence-electron chi connectivity index (χ3n) is 3.13. The summed E-state index contributed by atoms with van der Waals surface area (Å²) in [5, 5.41) is 0. The van der Waals surface area contributed by atoms with E-state index in [0.29, 0.717) is 0 Å². The first kappa shape index (κ1) is 14.0. The summed E-state index contributed by atoms with van der Waals surface area (Å²) in [4.78, 5) is 8.01. The van der Waals surface area contributed by atoms with Crippen molar-refractivity contribution in [3.63, 3.8) is 0 Å². The Morgan fingerprint density at radius 2 is 2.11 bits per heavy atom. The number of hydrogen-bond donors (Lipinski definition) is 1. The van der Waals surface area contributed by atoms with Gasteiger partial charge in [-0.1, -0.05) is 6.07 Å². The monoisotopic (exact) mass is 365 g/mol. The van der Waals surface area contributed by atoms with E-state index in [1.807, 2.05) is 0 Å². The zero-order valence-corrected chi connectivity index (χ0v) is 13.2. The van der Waals surface area contributed by atoms with E-state index in [9.17, 15) is 0 Å². The summed E-state index contributed by atoms with van der Waals surface area (Å²) in [5.74, 6) is 0.929. The molecule has 0 aliphatic carbocycles. The van der Waals surface area contributed by atoms with E-state index < -0.39 is 0 Å². The second kappa shape index (κ2) is 5.69. The van der Waals surface area contributed by atoms with Gasteiger partial charge in [-0.15, -0.1) is 0 Å². The number of imidazole rings is 1. The maximum Gasteiger partial charge on any atom is 0.179 e. The SMILES string of the molecule is CC[n+]1cccc(-c2nc3ccc(C)cc3[nH]2)c1.[I-]. The number of nitrogens with zero attached hydrogens (tertiary/aromatic N) is 2. The lowest BCUT2D eigenvalue weighted by Gasteiger charge is -1.95. The smallest absolute Gasteiger partial charge is 0.179 e. The maximum absolute atomic E-state index is 4.63. The number of halogens is 1. The van der Waals surface area contributed by atoms with Crippen LogP contribution in [0, 0.1) is 6.92 Å². The molecule has 4 heteroatoms. The molecular weight excluding hydrogens is 349 g/mol. The summed E-state index contributed by atoms with van der Waals surface area (Å²) in [6.45, 7) is 5.19. The van der Waals surface area contributed by atoms with Crippen LogP contribution in [0.2, 0.25) is 0 Å². The van der Waals surface area contributed by atoms with Crippen molar-refractivity contribution in [2.24, 2.45) is 0 Å². The van der Waals surface area contributed by atoms with Crippen LogP contribution in [-0.2, 0) is 6.54 Å². The topological polar surface area (TPSA) is 32.6 Å². The second-order valence-corrected chi connectivity index (χ2v) is 4.53. The maximum atomic E-state index is 4.63. The van der Waals surface area contributed by atoms with Crippen LogP contribution in [0.25, 0.3) is 22.4 Å². The van der Waals surface area contributed by atoms with Crippen molar-refractivity contribution in [1.82, 2.24) is 9.97 Å². The van der Waals surface area contributed by atoms with Crippen molar-refractivity contribution in [2.75, 3.05) is 0 Å². The molecule has 98 valence electrons. The third kappa shape index (κ3) is 2.78. The predicted molar refractivity (Wildman–Crippen MR) is 72.1 cm³/mol. The average Bonchev–Trinajstić information content (AvgIpc) is 2.81. The quantitative estimate of drug-likeness (QED) is 0.497. The molecule has 0 amide bonds. The van der Waals surface area contributed by atoms with E-state index in [1.165, 1.54) is 5.56 Å². The number of aryl methyl sites for hydroxylation is 2. The summed E-state index contributed by atoms with van der Waals surface area (Å²) >= 11 is 0. The molecule has 0 unspecified atom stereocenters. The highest BCUT2D eigenvalue weighted by Crippen LogP contribution is 2.19. The van der Waals surface area contributed by atoms with E-state index in [1.54, 1.807) is 0 Å². The van der Waals surface area contributed by atoms with Crippen molar-refractivity contribution in [2.45, 2.75) is 20.4 Å². The molecule has 19 heavy (non-hydrogen) atoms. The lowest BCUT2D eigenvalue weighted by Crippen LogP contribution is -3.00. The number of aromatic nitrogens is 3. The summed E-state index contributed by atoms with van der Waals surface area (Å²) in [7, 11) is 0. The van der Waals surface area contributed by atoms with Crippen LogP contribution in [0.4, 0.5) is 0 Å². The van der Waals surface area contributed by atoms with Gasteiger partial charge in [-0.3, -0.25) is 0 Å². The molecule has 0 aliphatic heterocycles. The largest absolute Gasteiger partial charge is 1.00 e. The van der Waals surface area contributed by atoms with E-state index in [-0.39, 0.29) is 24.0 Å². The normalized spacial score (nSPS) is 10.4. The molecule has 0 aliphatic rings. The fourth-order valence-corrected chi connectivity index (χ4v) is 2.12. The fraction of sp³-hybridized carbons (Fsp3) is 0.200. The Kier molecular flexibility index (Phi) is 4.19. The molecule has 0 fully saturated rings. The van der Waals surface area contributed by atoms with E-state index in [0.717, 1.165) is 29.0 Å². The standard InChI is InChI=1S/C15H16N3.HI/c1-3-18-8-4-5-12(10-18)15-16-13-7-6-11(2)9-14(13)17-15;/h4-10H,3H2,1-2H3,(H,16,17);1H/q+1;/p-1. The first-order valence-corrected chi connectivity index (χ1v) is 6.22. The number of H-pyrrole nitrogens is 1. The molecule has 0 saturated carbocycles. The number of aromatic amines is 1. The van der Waals surface area contributed by atoms with Gasteiger partial charge in [0.15, 0.2) is 12.4 Å². The summed E-state index contributed by atoms with van der Waals surface area (Å²) in [5.41, 5.74) is 4.47. The Morgan fingerprint density at radius 1 is 1.26 bits per heavy atom. The van der Waals surface area contributed by atoms with E-state index >= 15 is 0 Å². The second-order valence-electron chi connectivity index (χ2n) is 4.53. The summed E-state index contributed by atoms with van der Waals surface area (Å²) < 4.78 is 2.15. The molecule has 3 aromatic rings. The molecule has 0 radical (unpaired) electrons. The molecule has 0 atom stereocenters. The fourth-order valence-electron chi connectivity index (χ4n) is 2.12. The van der Waals surface area contributed by atoms with E-state index in [2.05, 4.69) is 71.1 Å². The highest BCUT2D eigenvalue weighted by Gasteiger charge is 2.08. The minimum absolute atomic E-state index is 0. The number of fused-ring (bicyclic) bond motifs is 1. The minimum atomic E-state index is 0. The van der Waals surface area contributed by atoms with Crippen molar-refractivity contribution in [3.8, 4) is 11.4 Å². The van der Waals surface area contributed by atoms with Crippen LogP contribution in [0.1, 0.15) is 12.5 Å². The van der Waals surface area contributed by atoms with Crippen LogP contribution >= 0.6 is 0 Å². The van der Waals surface area contributed by atoms with Crippen LogP contribution in [-0.4, -0.2) is 9.97 Å². The van der Waals surface area contributed by atoms with Gasteiger partial charge in [-0.2, -0.15) is 0 Å². The van der Waals surface area contributed by atoms with Gasteiger partial charge < -0.3 is 29.0 Å². The molecule has 0 bridgehead atoms. The molecule has 2 aromatic heterocycles. The van der Waals surface area contributed by atoms with Crippen LogP contribution < -0.4 is 28.5 Å². The van der Waals surface area contributed by atoms with Gasteiger partial charge >= 0.3 is 0 Å². The highest BCUT2D eigenvalue weighted by molar-refractivity contribution is 5.79. The molecule has 1 aromatic carbocycles. The Labute approximate surface area is 129 Å². The van der Waals surface area contributed by atoms with Gasteiger partial charge in [-0.25, -0.2) is 9.55 Å². The van der Waals surface area contributed by atoms with Crippen LogP contribution in [0.15, 0.2) is 42.7 Å². The molecule has 3 nitrogen and oxygen atoms in total. The number of benzene rings is 1. The van der Waals surface area contributed by atoms with Crippen molar-refractivity contribution >= 4 is 11.0 Å². The molecule has 1 N–H and O–H groups in total. The first-order valence-electron chi connectivity index (χ1n) is 6.22. The zero-order valence-electron chi connectivity index (χ0n) is 11.0. The number of hydrogen-bond acceptors (Lipinski definition) is 1. The highest BCUT2D eigenvalue weighted by atomic mass is 127. The van der Waals surface area contributed by atoms with Crippen molar-refractivity contribution < 1.29 is 28.5 Å². The summed E-state index contributed by atoms with van der Waals surface area (Å²) in [6, 6.07) is 10.4. The average molecular weight is 365 g/mol. The molecule has 2 heterocycles. The Bertz CT molecular complexity index is 703. The van der Waals surface area contributed by atoms with Gasteiger partial charge in [0.1, 0.15) is 12.4 Å². The van der Waals surface area contributed by atoms with Gasteiger partial charge in [-0.05, 0) is 37.6 Å². The zero-order chi connectivity index (χ0) is 12.5. The van der Waals surface area contributed by atoms with Crippen LogP contribution in [0.3, 0.4) is 0 Å². The molecular formula is C15H16IN3. The minimum Gasteiger partial charge on any atom is -1.00 e. The van der Waals surface area contributed by atoms with Crippen molar-refractivity contribution in [3.05, 3.63) is 48.3 Å². The van der Waals surface area contributed by atoms with E-state index in [4.69, 9.17) is 0 Å². The van der Waals surface area contributed by atoms with Crippen LogP contribution in [0.5, 0.6) is 0 Å². The lowest BCUT2D eigenvalue weighted by molar-refractivity contribution is -0.693. The van der Waals surface area contributed by atoms with Gasteiger partial charge in [0, 0.05) is 6.07 Å². The predicted octanol–water partition coefficient (Wildman–Crippen LogP) is -0.150. The number of rotatable bonds is 2. The van der Waals surface area contributed by atoms with Gasteiger partial charge in [0.05, 0.1) is 16.6 Å². The van der Waals surface area contributed by atoms with Crippen molar-refractivity contribution in [1.29, 1.82) is 0 Å². The number of nitrogens with one attached hydrogen (secondary N) is 1. The first-order chi connectivity index (χ1) is 8.76. The number of pyridine rings is 1. The Morgan fingerprint density at radius 3 is 2.89 bits per heavy atom.